The highest BCUT2D eigenvalue weighted by Crippen LogP contribution is 2.34. The van der Waals surface area contributed by atoms with Crippen molar-refractivity contribution in [3.63, 3.8) is 0 Å². The highest BCUT2D eigenvalue weighted by molar-refractivity contribution is 8.15. The number of hydrogen-bond acceptors (Lipinski definition) is 9. The van der Waals surface area contributed by atoms with Crippen LogP contribution < -0.4 is 5.32 Å². The highest BCUT2D eigenvalue weighted by atomic mass is 32.2. The summed E-state index contributed by atoms with van der Waals surface area (Å²) in [5.41, 5.74) is 2.28. The Hall–Kier alpha value is -1.65. The van der Waals surface area contributed by atoms with E-state index in [4.69, 9.17) is 4.42 Å². The number of rotatable bonds is 8. The fraction of sp³-hybridized carbons (Fsp3) is 0.458. The van der Waals surface area contributed by atoms with Gasteiger partial charge in [-0.2, -0.15) is 0 Å². The lowest BCUT2D eigenvalue weighted by molar-refractivity contribution is -0.110. The summed E-state index contributed by atoms with van der Waals surface area (Å²) < 4.78 is 7.69. The van der Waals surface area contributed by atoms with Gasteiger partial charge in [0.25, 0.3) is 0 Å². The average molecular weight is 503 g/mol. The van der Waals surface area contributed by atoms with Gasteiger partial charge >= 0.3 is 0 Å². The number of thiazole rings is 1. The van der Waals surface area contributed by atoms with Gasteiger partial charge in [0.2, 0.25) is 5.89 Å². The fourth-order valence-corrected chi connectivity index (χ4v) is 6.45. The van der Waals surface area contributed by atoms with E-state index >= 15 is 0 Å². The van der Waals surface area contributed by atoms with E-state index in [1.165, 1.54) is 17.3 Å². The highest BCUT2D eigenvalue weighted by Gasteiger charge is 2.19. The third kappa shape index (κ3) is 7.42. The van der Waals surface area contributed by atoms with Gasteiger partial charge in [0.05, 0.1) is 22.4 Å². The summed E-state index contributed by atoms with van der Waals surface area (Å²) in [6.45, 7) is 11.5. The largest absolute Gasteiger partial charge is 0.444 e. The lowest BCUT2D eigenvalue weighted by Crippen LogP contribution is -2.42. The third-order valence-electron chi connectivity index (χ3n) is 5.25. The lowest BCUT2D eigenvalue weighted by Gasteiger charge is -2.27. The standard InChI is InChI=1S/C24H30N4O2S3/c1-24(2,3)19-13-26-20(30-19)16-31-22-14-27-23(33-22)32-21(29)12-17-5-4-6-18(11-17)15-28-9-7-25-8-10-28/h4-6,11,13-14,25H,7-10,12,15-16H2,1-3H3. The maximum atomic E-state index is 12.6. The Labute approximate surface area is 208 Å². The van der Waals surface area contributed by atoms with Gasteiger partial charge in [-0.3, -0.25) is 9.69 Å². The number of oxazole rings is 1. The Morgan fingerprint density at radius 3 is 2.73 bits per heavy atom. The molecule has 3 heterocycles. The normalized spacial score (nSPS) is 15.1. The number of benzene rings is 1. The molecule has 3 aromatic rings. The van der Waals surface area contributed by atoms with Crippen molar-refractivity contribution in [2.75, 3.05) is 26.2 Å². The van der Waals surface area contributed by atoms with Crippen molar-refractivity contribution in [1.82, 2.24) is 20.2 Å². The van der Waals surface area contributed by atoms with Crippen molar-refractivity contribution in [2.24, 2.45) is 0 Å². The van der Waals surface area contributed by atoms with E-state index in [0.717, 1.165) is 52.6 Å². The van der Waals surface area contributed by atoms with Crippen LogP contribution in [0.4, 0.5) is 0 Å². The smallest absolute Gasteiger partial charge is 0.204 e. The molecule has 0 saturated carbocycles. The molecule has 1 fully saturated rings. The Bertz CT molecular complexity index is 1070. The first kappa shape index (κ1) is 24.5. The van der Waals surface area contributed by atoms with Crippen LogP contribution in [0.15, 0.2) is 49.6 Å². The number of thioether (sulfide) groups is 2. The summed E-state index contributed by atoms with van der Waals surface area (Å²) in [5.74, 6) is 2.25. The van der Waals surface area contributed by atoms with Crippen molar-refractivity contribution >= 4 is 40.0 Å². The second-order valence-electron chi connectivity index (χ2n) is 9.10. The monoisotopic (exact) mass is 502 g/mol. The molecule has 4 rings (SSSR count). The Balaban J connectivity index is 1.26. The quantitative estimate of drug-likeness (QED) is 0.432. The maximum absolute atomic E-state index is 12.6. The molecule has 1 saturated heterocycles. The van der Waals surface area contributed by atoms with Gasteiger partial charge in [-0.15, -0.1) is 23.1 Å². The zero-order valence-corrected chi connectivity index (χ0v) is 21.7. The third-order valence-corrected chi connectivity index (χ3v) is 8.37. The Morgan fingerprint density at radius 1 is 1.18 bits per heavy atom. The van der Waals surface area contributed by atoms with E-state index in [0.29, 0.717) is 18.1 Å². The maximum Gasteiger partial charge on any atom is 0.204 e. The van der Waals surface area contributed by atoms with Crippen LogP contribution in [0.1, 0.15) is 43.5 Å². The zero-order valence-electron chi connectivity index (χ0n) is 19.3. The molecule has 176 valence electrons. The summed E-state index contributed by atoms with van der Waals surface area (Å²) in [7, 11) is 0. The topological polar surface area (TPSA) is 71.3 Å². The fourth-order valence-electron chi connectivity index (χ4n) is 3.48. The van der Waals surface area contributed by atoms with Crippen molar-refractivity contribution in [3.8, 4) is 0 Å². The van der Waals surface area contributed by atoms with Gasteiger partial charge in [-0.25, -0.2) is 9.97 Å². The first-order valence-corrected chi connectivity index (χ1v) is 13.7. The SMILES string of the molecule is CC(C)(C)c1cnc(CSc2cnc(SC(=O)Cc3cccc(CN4CCNCC4)c3)s2)o1. The molecule has 2 aromatic heterocycles. The van der Waals surface area contributed by atoms with E-state index in [1.54, 1.807) is 29.3 Å². The first-order chi connectivity index (χ1) is 15.8. The van der Waals surface area contributed by atoms with Crippen molar-refractivity contribution < 1.29 is 9.21 Å². The summed E-state index contributed by atoms with van der Waals surface area (Å²) in [5, 5.41) is 3.50. The van der Waals surface area contributed by atoms with Crippen molar-refractivity contribution in [2.45, 2.75) is 53.5 Å². The molecular formula is C24H30N4O2S3. The predicted octanol–water partition coefficient (Wildman–Crippen LogP) is 4.99. The first-order valence-electron chi connectivity index (χ1n) is 11.1. The molecule has 33 heavy (non-hydrogen) atoms. The van der Waals surface area contributed by atoms with Crippen LogP contribution in [0, 0.1) is 0 Å². The molecule has 0 aliphatic carbocycles. The summed E-state index contributed by atoms with van der Waals surface area (Å²) in [6, 6.07) is 8.39. The Morgan fingerprint density at radius 2 is 1.97 bits per heavy atom. The van der Waals surface area contributed by atoms with Crippen LogP contribution in [0.5, 0.6) is 0 Å². The minimum absolute atomic E-state index is 0.0465. The lowest BCUT2D eigenvalue weighted by atomic mass is 9.94. The number of nitrogens with one attached hydrogen (secondary N) is 1. The molecule has 1 N–H and O–H groups in total. The minimum atomic E-state index is -0.0465. The molecule has 0 spiro atoms. The van der Waals surface area contributed by atoms with Crippen LogP contribution in [0.25, 0.3) is 0 Å². The van der Waals surface area contributed by atoms with Crippen LogP contribution >= 0.6 is 34.9 Å². The van der Waals surface area contributed by atoms with Gasteiger partial charge in [0, 0.05) is 44.6 Å². The number of carbonyl (C=O) groups is 1. The summed E-state index contributed by atoms with van der Waals surface area (Å²) >= 11 is 4.40. The van der Waals surface area contributed by atoms with E-state index in [2.05, 4.69) is 59.2 Å². The van der Waals surface area contributed by atoms with Crippen LogP contribution in [-0.2, 0) is 28.9 Å². The Kier molecular flexibility index (Phi) is 8.29. The van der Waals surface area contributed by atoms with E-state index < -0.39 is 0 Å². The minimum Gasteiger partial charge on any atom is -0.444 e. The molecule has 1 aromatic carbocycles. The second kappa shape index (κ2) is 11.2. The number of nitrogens with zero attached hydrogens (tertiary/aromatic N) is 3. The van der Waals surface area contributed by atoms with E-state index in [1.807, 2.05) is 12.3 Å². The van der Waals surface area contributed by atoms with Crippen molar-refractivity contribution in [1.29, 1.82) is 0 Å². The number of carbonyl (C=O) groups excluding carboxylic acids is 1. The van der Waals surface area contributed by atoms with Gasteiger partial charge in [0.15, 0.2) is 9.45 Å². The molecule has 6 nitrogen and oxygen atoms in total. The average Bonchev–Trinajstić information content (AvgIpc) is 3.42. The second-order valence-corrected chi connectivity index (χ2v) is 12.7. The molecular weight excluding hydrogens is 472 g/mol. The van der Waals surface area contributed by atoms with Crippen LogP contribution in [-0.4, -0.2) is 46.2 Å². The molecule has 0 unspecified atom stereocenters. The van der Waals surface area contributed by atoms with Gasteiger partial charge < -0.3 is 9.73 Å². The van der Waals surface area contributed by atoms with Crippen LogP contribution in [0.3, 0.4) is 0 Å². The summed E-state index contributed by atoms with van der Waals surface area (Å²) in [6.07, 6.45) is 4.04. The number of piperazine rings is 1. The van der Waals surface area contributed by atoms with Crippen LogP contribution in [0.2, 0.25) is 0 Å². The summed E-state index contributed by atoms with van der Waals surface area (Å²) in [4.78, 5) is 23.9. The number of aromatic nitrogens is 2. The molecule has 0 amide bonds. The molecule has 9 heteroatoms. The van der Waals surface area contributed by atoms with Gasteiger partial charge in [-0.05, 0) is 22.9 Å². The predicted molar refractivity (Wildman–Crippen MR) is 136 cm³/mol. The molecule has 1 aliphatic rings. The van der Waals surface area contributed by atoms with Gasteiger partial charge in [0.1, 0.15) is 5.76 Å². The zero-order chi connectivity index (χ0) is 23.3. The molecule has 0 atom stereocenters. The van der Waals surface area contributed by atoms with Gasteiger partial charge in [-0.1, -0.05) is 45.0 Å². The van der Waals surface area contributed by atoms with E-state index in [9.17, 15) is 4.79 Å². The van der Waals surface area contributed by atoms with E-state index in [-0.39, 0.29) is 10.5 Å². The molecule has 0 bridgehead atoms. The molecule has 0 radical (unpaired) electrons. The van der Waals surface area contributed by atoms with Crippen molar-refractivity contribution in [3.05, 3.63) is 59.4 Å². The molecule has 1 aliphatic heterocycles. The number of hydrogen-bond donors (Lipinski definition) is 1.